The van der Waals surface area contributed by atoms with E-state index in [4.69, 9.17) is 9.47 Å². The summed E-state index contributed by atoms with van der Waals surface area (Å²) in [5.74, 6) is 0.161. The zero-order valence-electron chi connectivity index (χ0n) is 18.2. The van der Waals surface area contributed by atoms with Crippen molar-refractivity contribution in [1.82, 2.24) is 9.55 Å². The Morgan fingerprint density at radius 1 is 1.09 bits per heavy atom. The van der Waals surface area contributed by atoms with E-state index in [2.05, 4.69) is 9.72 Å². The minimum Gasteiger partial charge on any atom is -0.493 e. The van der Waals surface area contributed by atoms with Gasteiger partial charge in [0, 0.05) is 13.0 Å². The molecular formula is C24H24F2N2O5. The molecule has 0 saturated heterocycles. The standard InChI is InChI=1S/C24H24F2N2O5/c1-31-20-12-15(7-10-19(20)33-24(25)26)14-32-23(30)16-8-9-17-18(13-16)27-21-6-4-2-3-5-11-28(21)22(17)29/h7-10,12-13,24H,2-6,11,14H2,1H3. The van der Waals surface area contributed by atoms with Gasteiger partial charge in [0.05, 0.1) is 23.6 Å². The van der Waals surface area contributed by atoms with Gasteiger partial charge in [-0.2, -0.15) is 8.78 Å². The van der Waals surface area contributed by atoms with Gasteiger partial charge in [0.25, 0.3) is 5.56 Å². The van der Waals surface area contributed by atoms with E-state index in [0.717, 1.165) is 37.9 Å². The first-order valence-corrected chi connectivity index (χ1v) is 10.8. The summed E-state index contributed by atoms with van der Waals surface area (Å²) in [6.07, 6.45) is 4.87. The average molecular weight is 458 g/mol. The first-order valence-electron chi connectivity index (χ1n) is 10.8. The number of carbonyl (C=O) groups excluding carboxylic acids is 1. The number of methoxy groups -OCH3 is 1. The van der Waals surface area contributed by atoms with Crippen LogP contribution in [0, 0.1) is 0 Å². The van der Waals surface area contributed by atoms with E-state index >= 15 is 0 Å². The molecule has 3 aromatic rings. The maximum atomic E-state index is 12.9. The number of rotatable bonds is 6. The van der Waals surface area contributed by atoms with Crippen molar-refractivity contribution in [1.29, 1.82) is 0 Å². The average Bonchev–Trinajstić information content (AvgIpc) is 2.78. The van der Waals surface area contributed by atoms with Crippen LogP contribution in [0.5, 0.6) is 11.5 Å². The second kappa shape index (κ2) is 9.97. The maximum absolute atomic E-state index is 12.9. The third kappa shape index (κ3) is 5.13. The van der Waals surface area contributed by atoms with Crippen LogP contribution in [0.1, 0.15) is 47.4 Å². The van der Waals surface area contributed by atoms with Crippen molar-refractivity contribution >= 4 is 16.9 Å². The summed E-state index contributed by atoms with van der Waals surface area (Å²) < 4.78 is 41.5. The lowest BCUT2D eigenvalue weighted by Crippen LogP contribution is -2.26. The van der Waals surface area contributed by atoms with Gasteiger partial charge in [-0.25, -0.2) is 9.78 Å². The molecule has 1 aliphatic heterocycles. The van der Waals surface area contributed by atoms with Crippen LogP contribution >= 0.6 is 0 Å². The van der Waals surface area contributed by atoms with Crippen LogP contribution in [0.15, 0.2) is 41.2 Å². The van der Waals surface area contributed by atoms with Gasteiger partial charge >= 0.3 is 12.6 Å². The van der Waals surface area contributed by atoms with Crippen LogP contribution in [0.2, 0.25) is 0 Å². The molecule has 2 heterocycles. The number of nitrogens with zero attached hydrogens (tertiary/aromatic N) is 2. The second-order valence-electron chi connectivity index (χ2n) is 7.82. The number of esters is 1. The molecule has 0 atom stereocenters. The van der Waals surface area contributed by atoms with Gasteiger partial charge in [0.2, 0.25) is 0 Å². The molecule has 0 spiro atoms. The van der Waals surface area contributed by atoms with E-state index in [1.165, 1.54) is 25.3 Å². The van der Waals surface area contributed by atoms with E-state index in [0.29, 0.717) is 23.0 Å². The van der Waals surface area contributed by atoms with Crippen molar-refractivity contribution < 1.29 is 27.8 Å². The van der Waals surface area contributed by atoms with Gasteiger partial charge in [0.1, 0.15) is 12.4 Å². The van der Waals surface area contributed by atoms with Crippen LogP contribution in [-0.4, -0.2) is 29.2 Å². The lowest BCUT2D eigenvalue weighted by molar-refractivity contribution is -0.0512. The van der Waals surface area contributed by atoms with E-state index < -0.39 is 12.6 Å². The summed E-state index contributed by atoms with van der Waals surface area (Å²) in [5, 5.41) is 0.468. The largest absolute Gasteiger partial charge is 0.493 e. The van der Waals surface area contributed by atoms with E-state index in [1.54, 1.807) is 22.8 Å². The number of aryl methyl sites for hydroxylation is 1. The summed E-state index contributed by atoms with van der Waals surface area (Å²) in [5.41, 5.74) is 1.20. The normalized spacial score (nSPS) is 13.8. The molecule has 0 unspecified atom stereocenters. The lowest BCUT2D eigenvalue weighted by atomic mass is 10.1. The molecule has 0 fully saturated rings. The van der Waals surface area contributed by atoms with Crippen molar-refractivity contribution in [2.75, 3.05) is 7.11 Å². The number of alkyl halides is 2. The monoisotopic (exact) mass is 458 g/mol. The van der Waals surface area contributed by atoms with Crippen LogP contribution in [0.3, 0.4) is 0 Å². The molecule has 9 heteroatoms. The van der Waals surface area contributed by atoms with Crippen molar-refractivity contribution in [3.8, 4) is 11.5 Å². The van der Waals surface area contributed by atoms with E-state index in [-0.39, 0.29) is 29.2 Å². The van der Waals surface area contributed by atoms with Crippen LogP contribution in [0.4, 0.5) is 8.78 Å². The maximum Gasteiger partial charge on any atom is 0.387 e. The molecule has 0 aliphatic carbocycles. The summed E-state index contributed by atoms with van der Waals surface area (Å²) >= 11 is 0. The SMILES string of the molecule is COc1cc(COC(=O)c2ccc3c(=O)n4c(nc3c2)CCCCCC4)ccc1OC(F)F. The molecule has 4 rings (SSSR count). The highest BCUT2D eigenvalue weighted by atomic mass is 19.3. The fourth-order valence-corrected chi connectivity index (χ4v) is 3.95. The summed E-state index contributed by atoms with van der Waals surface area (Å²) in [4.78, 5) is 30.2. The Hall–Kier alpha value is -3.49. The smallest absolute Gasteiger partial charge is 0.387 e. The van der Waals surface area contributed by atoms with Crippen molar-refractivity contribution in [3.63, 3.8) is 0 Å². The second-order valence-corrected chi connectivity index (χ2v) is 7.82. The highest BCUT2D eigenvalue weighted by Gasteiger charge is 2.16. The zero-order chi connectivity index (χ0) is 23.4. The van der Waals surface area contributed by atoms with Gasteiger partial charge < -0.3 is 14.2 Å². The number of aromatic nitrogens is 2. The summed E-state index contributed by atoms with van der Waals surface area (Å²) in [6.45, 7) is -2.41. The third-order valence-electron chi connectivity index (χ3n) is 5.62. The molecule has 174 valence electrons. The quantitative estimate of drug-likeness (QED) is 0.507. The summed E-state index contributed by atoms with van der Waals surface area (Å²) in [6, 6.07) is 9.02. The molecule has 0 saturated carbocycles. The predicted octanol–water partition coefficient (Wildman–Crippen LogP) is 4.48. The Morgan fingerprint density at radius 3 is 2.70 bits per heavy atom. The predicted molar refractivity (Wildman–Crippen MR) is 117 cm³/mol. The number of hydrogen-bond donors (Lipinski definition) is 0. The Kier molecular flexibility index (Phi) is 6.86. The molecule has 1 aromatic heterocycles. The molecule has 0 bridgehead atoms. The minimum atomic E-state index is -2.98. The fourth-order valence-electron chi connectivity index (χ4n) is 3.95. The van der Waals surface area contributed by atoms with Gasteiger partial charge in [-0.05, 0) is 48.7 Å². The van der Waals surface area contributed by atoms with E-state index in [1.807, 2.05) is 0 Å². The fraction of sp³-hybridized carbons (Fsp3) is 0.375. The number of hydrogen-bond acceptors (Lipinski definition) is 6. The number of carbonyl (C=O) groups is 1. The Labute approximate surface area is 188 Å². The van der Waals surface area contributed by atoms with Crippen molar-refractivity contribution in [2.24, 2.45) is 0 Å². The first-order chi connectivity index (χ1) is 16.0. The molecule has 2 aromatic carbocycles. The highest BCUT2D eigenvalue weighted by molar-refractivity contribution is 5.94. The molecule has 0 amide bonds. The van der Waals surface area contributed by atoms with Gasteiger partial charge in [-0.15, -0.1) is 0 Å². The van der Waals surface area contributed by atoms with Gasteiger partial charge in [-0.3, -0.25) is 9.36 Å². The number of ether oxygens (including phenoxy) is 3. The Balaban J connectivity index is 1.52. The van der Waals surface area contributed by atoms with Crippen molar-refractivity contribution in [2.45, 2.75) is 51.9 Å². The lowest BCUT2D eigenvalue weighted by Gasteiger charge is -2.16. The Morgan fingerprint density at radius 2 is 1.91 bits per heavy atom. The topological polar surface area (TPSA) is 79.7 Å². The molecule has 1 aliphatic rings. The molecule has 7 nitrogen and oxygen atoms in total. The first kappa shape index (κ1) is 22.7. The van der Waals surface area contributed by atoms with Crippen molar-refractivity contribution in [3.05, 3.63) is 63.7 Å². The third-order valence-corrected chi connectivity index (χ3v) is 5.62. The molecule has 33 heavy (non-hydrogen) atoms. The Bertz CT molecular complexity index is 1230. The van der Waals surface area contributed by atoms with Crippen LogP contribution in [0.25, 0.3) is 10.9 Å². The van der Waals surface area contributed by atoms with Gasteiger partial charge in [0.15, 0.2) is 11.5 Å². The highest BCUT2D eigenvalue weighted by Crippen LogP contribution is 2.29. The summed E-state index contributed by atoms with van der Waals surface area (Å²) in [7, 11) is 1.33. The molecule has 0 N–H and O–H groups in total. The van der Waals surface area contributed by atoms with Crippen LogP contribution in [-0.2, 0) is 24.3 Å². The van der Waals surface area contributed by atoms with Gasteiger partial charge in [-0.1, -0.05) is 18.9 Å². The number of fused-ring (bicyclic) bond motifs is 2. The van der Waals surface area contributed by atoms with Crippen LogP contribution < -0.4 is 15.0 Å². The molecular weight excluding hydrogens is 434 g/mol. The minimum absolute atomic E-state index is 0.0879. The molecule has 0 radical (unpaired) electrons. The number of benzene rings is 2. The van der Waals surface area contributed by atoms with E-state index in [9.17, 15) is 18.4 Å². The number of halogens is 2. The zero-order valence-corrected chi connectivity index (χ0v) is 18.2.